The zero-order valence-electron chi connectivity index (χ0n) is 12.5. The molecule has 5 heteroatoms. The van der Waals surface area contributed by atoms with Crippen LogP contribution >= 0.6 is 0 Å². The number of fused-ring (bicyclic) bond motifs is 1. The topological polar surface area (TPSA) is 75.6 Å². The number of benzene rings is 2. The minimum atomic E-state index is -1.03. The zero-order chi connectivity index (χ0) is 16.2. The highest BCUT2D eigenvalue weighted by molar-refractivity contribution is 6.05. The Hall–Kier alpha value is -2.82. The summed E-state index contributed by atoms with van der Waals surface area (Å²) in [5, 5.41) is 13.3. The normalized spacial score (nSPS) is 14.1. The van der Waals surface area contributed by atoms with Crippen molar-refractivity contribution in [2.45, 2.75) is 12.8 Å². The molecule has 0 saturated carbocycles. The van der Waals surface area contributed by atoms with Gasteiger partial charge in [0, 0.05) is 22.4 Å². The molecule has 0 heterocycles. The minimum absolute atomic E-state index is 0.000595. The van der Waals surface area contributed by atoms with Crippen LogP contribution in [-0.4, -0.2) is 23.6 Å². The molecule has 0 radical (unpaired) electrons. The summed E-state index contributed by atoms with van der Waals surface area (Å²) in [7, 11) is 0. The van der Waals surface area contributed by atoms with E-state index in [1.54, 1.807) is 12.1 Å². The number of carboxylic acid groups (broad SMARTS) is 1. The average Bonchev–Trinajstić information content (AvgIpc) is 3.08. The summed E-state index contributed by atoms with van der Waals surface area (Å²) in [5.41, 5.74) is 0.708. The molecule has 1 aliphatic rings. The maximum atomic E-state index is 12.3. The van der Waals surface area contributed by atoms with Crippen molar-refractivity contribution in [1.82, 2.24) is 0 Å². The van der Waals surface area contributed by atoms with Crippen molar-refractivity contribution in [3.8, 4) is 5.75 Å². The maximum Gasteiger partial charge on any atom is 0.341 e. The number of rotatable bonds is 5. The van der Waals surface area contributed by atoms with Crippen LogP contribution in [0.4, 0.5) is 5.69 Å². The summed E-state index contributed by atoms with van der Waals surface area (Å²) in [5.74, 6) is -0.556. The van der Waals surface area contributed by atoms with E-state index >= 15 is 0 Å². The van der Waals surface area contributed by atoms with Crippen LogP contribution in [0.3, 0.4) is 0 Å². The van der Waals surface area contributed by atoms with Crippen LogP contribution in [0.1, 0.15) is 12.8 Å². The molecular formula is C18H17NO4. The molecule has 3 rings (SSSR count). The van der Waals surface area contributed by atoms with E-state index in [9.17, 15) is 9.59 Å². The van der Waals surface area contributed by atoms with Gasteiger partial charge in [-0.2, -0.15) is 0 Å². The van der Waals surface area contributed by atoms with Gasteiger partial charge in [-0.3, -0.25) is 4.79 Å². The van der Waals surface area contributed by atoms with Crippen molar-refractivity contribution in [2.75, 3.05) is 11.9 Å². The van der Waals surface area contributed by atoms with Crippen LogP contribution in [0.25, 0.3) is 10.8 Å². The SMILES string of the molecule is O=C(O)COc1ccc(NC(=O)C2CC=CC2)c2ccccc12. The van der Waals surface area contributed by atoms with Gasteiger partial charge in [0.1, 0.15) is 5.75 Å². The Balaban J connectivity index is 1.88. The first-order valence-electron chi connectivity index (χ1n) is 7.47. The predicted octanol–water partition coefficient (Wildman–Crippen LogP) is 3.21. The number of carbonyl (C=O) groups is 2. The molecular weight excluding hydrogens is 294 g/mol. The molecule has 1 aliphatic carbocycles. The minimum Gasteiger partial charge on any atom is -0.481 e. The largest absolute Gasteiger partial charge is 0.481 e. The lowest BCUT2D eigenvalue weighted by atomic mass is 10.0. The first-order valence-corrected chi connectivity index (χ1v) is 7.47. The molecule has 0 fully saturated rings. The first-order chi connectivity index (χ1) is 11.1. The van der Waals surface area contributed by atoms with Gasteiger partial charge < -0.3 is 15.2 Å². The van der Waals surface area contributed by atoms with Gasteiger partial charge in [0.2, 0.25) is 5.91 Å². The number of ether oxygens (including phenoxy) is 1. The van der Waals surface area contributed by atoms with Crippen LogP contribution in [0.5, 0.6) is 5.75 Å². The number of allylic oxidation sites excluding steroid dienone is 2. The van der Waals surface area contributed by atoms with Crippen LogP contribution in [-0.2, 0) is 9.59 Å². The fourth-order valence-corrected chi connectivity index (χ4v) is 2.71. The first kappa shape index (κ1) is 15.1. The summed E-state index contributed by atoms with van der Waals surface area (Å²) in [6.45, 7) is -0.399. The monoisotopic (exact) mass is 311 g/mol. The number of amides is 1. The molecule has 118 valence electrons. The van der Waals surface area contributed by atoms with Gasteiger partial charge in [0.25, 0.3) is 0 Å². The molecule has 5 nitrogen and oxygen atoms in total. The third kappa shape index (κ3) is 3.34. The Labute approximate surface area is 133 Å². The highest BCUT2D eigenvalue weighted by Crippen LogP contribution is 2.32. The average molecular weight is 311 g/mol. The molecule has 0 saturated heterocycles. The molecule has 2 aromatic rings. The third-order valence-corrected chi connectivity index (χ3v) is 3.87. The van der Waals surface area contributed by atoms with Crippen molar-refractivity contribution < 1.29 is 19.4 Å². The molecule has 0 aromatic heterocycles. The number of anilines is 1. The van der Waals surface area contributed by atoms with E-state index < -0.39 is 12.6 Å². The van der Waals surface area contributed by atoms with Crippen molar-refractivity contribution in [3.63, 3.8) is 0 Å². The van der Waals surface area contributed by atoms with Crippen molar-refractivity contribution in [3.05, 3.63) is 48.6 Å². The van der Waals surface area contributed by atoms with Gasteiger partial charge in [-0.15, -0.1) is 0 Å². The number of hydrogen-bond acceptors (Lipinski definition) is 3. The number of hydrogen-bond donors (Lipinski definition) is 2. The highest BCUT2D eigenvalue weighted by Gasteiger charge is 2.20. The van der Waals surface area contributed by atoms with E-state index in [-0.39, 0.29) is 11.8 Å². The standard InChI is InChI=1S/C18H17NO4/c20-17(21)11-23-16-10-9-15(13-7-3-4-8-14(13)16)19-18(22)12-5-1-2-6-12/h1-4,7-10,12H,5-6,11H2,(H,19,22)(H,20,21). The van der Waals surface area contributed by atoms with Gasteiger partial charge in [0.15, 0.2) is 6.61 Å². The Morgan fingerprint density at radius 2 is 1.78 bits per heavy atom. The van der Waals surface area contributed by atoms with Crippen LogP contribution in [0.2, 0.25) is 0 Å². The Kier molecular flexibility index (Phi) is 4.28. The lowest BCUT2D eigenvalue weighted by molar-refractivity contribution is -0.139. The predicted molar refractivity (Wildman–Crippen MR) is 87.6 cm³/mol. The van der Waals surface area contributed by atoms with E-state index in [1.165, 1.54) is 0 Å². The van der Waals surface area contributed by atoms with Crippen LogP contribution in [0.15, 0.2) is 48.6 Å². The van der Waals surface area contributed by atoms with E-state index in [0.29, 0.717) is 11.4 Å². The van der Waals surface area contributed by atoms with Gasteiger partial charge in [-0.05, 0) is 25.0 Å². The van der Waals surface area contributed by atoms with E-state index in [0.717, 1.165) is 23.6 Å². The molecule has 23 heavy (non-hydrogen) atoms. The van der Waals surface area contributed by atoms with Gasteiger partial charge in [0.05, 0.1) is 0 Å². The van der Waals surface area contributed by atoms with Gasteiger partial charge >= 0.3 is 5.97 Å². The lowest BCUT2D eigenvalue weighted by Gasteiger charge is -2.14. The number of aliphatic carboxylic acids is 1. The molecule has 0 atom stereocenters. The number of carboxylic acids is 1. The van der Waals surface area contributed by atoms with E-state index in [1.807, 2.05) is 36.4 Å². The second kappa shape index (κ2) is 6.52. The number of nitrogens with one attached hydrogen (secondary N) is 1. The smallest absolute Gasteiger partial charge is 0.341 e. The summed E-state index contributed by atoms with van der Waals surface area (Å²) in [4.78, 5) is 23.0. The summed E-state index contributed by atoms with van der Waals surface area (Å²) in [6, 6.07) is 10.9. The second-order valence-corrected chi connectivity index (χ2v) is 5.47. The van der Waals surface area contributed by atoms with Crippen LogP contribution in [0, 0.1) is 5.92 Å². The Morgan fingerprint density at radius 3 is 2.48 bits per heavy atom. The number of carbonyl (C=O) groups excluding carboxylic acids is 1. The molecule has 0 unspecified atom stereocenters. The summed E-state index contributed by atoms with van der Waals surface area (Å²) >= 11 is 0. The lowest BCUT2D eigenvalue weighted by Crippen LogP contribution is -2.20. The molecule has 1 amide bonds. The molecule has 0 bridgehead atoms. The third-order valence-electron chi connectivity index (χ3n) is 3.87. The molecule has 0 spiro atoms. The highest BCUT2D eigenvalue weighted by atomic mass is 16.5. The van der Waals surface area contributed by atoms with Crippen molar-refractivity contribution in [2.24, 2.45) is 5.92 Å². The van der Waals surface area contributed by atoms with Crippen molar-refractivity contribution in [1.29, 1.82) is 0 Å². The fourth-order valence-electron chi connectivity index (χ4n) is 2.71. The maximum absolute atomic E-state index is 12.3. The van der Waals surface area contributed by atoms with Crippen molar-refractivity contribution >= 4 is 28.3 Å². The molecule has 0 aliphatic heterocycles. The second-order valence-electron chi connectivity index (χ2n) is 5.47. The van der Waals surface area contributed by atoms with Crippen LogP contribution < -0.4 is 10.1 Å². The molecule has 2 aromatic carbocycles. The molecule has 2 N–H and O–H groups in total. The summed E-state index contributed by atoms with van der Waals surface area (Å²) < 4.78 is 5.32. The Bertz CT molecular complexity index is 774. The van der Waals surface area contributed by atoms with E-state index in [4.69, 9.17) is 9.84 Å². The van der Waals surface area contributed by atoms with Gasteiger partial charge in [-0.25, -0.2) is 4.79 Å². The zero-order valence-corrected chi connectivity index (χ0v) is 12.5. The summed E-state index contributed by atoms with van der Waals surface area (Å²) in [6.07, 6.45) is 5.57. The van der Waals surface area contributed by atoms with Gasteiger partial charge in [-0.1, -0.05) is 36.4 Å². The fraction of sp³-hybridized carbons (Fsp3) is 0.222. The van der Waals surface area contributed by atoms with E-state index in [2.05, 4.69) is 5.32 Å². The Morgan fingerprint density at radius 1 is 1.09 bits per heavy atom. The quantitative estimate of drug-likeness (QED) is 0.831.